The first kappa shape index (κ1) is 21.7. The number of aryl methyl sites for hydroxylation is 1. The molecule has 6 heteroatoms. The number of carbonyl (C=O) groups is 1. The maximum absolute atomic E-state index is 13.4. The summed E-state index contributed by atoms with van der Waals surface area (Å²) >= 11 is 1.36. The van der Waals surface area contributed by atoms with Crippen molar-refractivity contribution in [3.05, 3.63) is 94.4 Å². The molecule has 0 atom stereocenters. The smallest absolute Gasteiger partial charge is 0.267 e. The fourth-order valence-corrected chi connectivity index (χ4v) is 4.31. The molecule has 0 saturated carbocycles. The number of hydrogen-bond donors (Lipinski definition) is 0. The van der Waals surface area contributed by atoms with Gasteiger partial charge in [-0.25, -0.2) is 4.99 Å². The van der Waals surface area contributed by atoms with Gasteiger partial charge in [0.05, 0.1) is 31.4 Å². The van der Waals surface area contributed by atoms with Gasteiger partial charge in [0, 0.05) is 5.56 Å². The molecule has 5 nitrogen and oxygen atoms in total. The normalized spacial score (nSPS) is 16.1. The number of thioether (sulfide) groups is 1. The van der Waals surface area contributed by atoms with Crippen LogP contribution in [0.4, 0.5) is 5.69 Å². The summed E-state index contributed by atoms with van der Waals surface area (Å²) in [5.74, 6) is 1.28. The second-order valence-electron chi connectivity index (χ2n) is 7.33. The van der Waals surface area contributed by atoms with Gasteiger partial charge < -0.3 is 9.47 Å². The zero-order valence-electron chi connectivity index (χ0n) is 18.2. The van der Waals surface area contributed by atoms with Crippen LogP contribution in [-0.2, 0) is 11.3 Å². The molecule has 4 rings (SSSR count). The van der Waals surface area contributed by atoms with E-state index in [9.17, 15) is 4.79 Å². The Kier molecular flexibility index (Phi) is 6.61. The Hall–Kier alpha value is -3.51. The van der Waals surface area contributed by atoms with Crippen molar-refractivity contribution in [2.45, 2.75) is 13.5 Å². The maximum atomic E-state index is 13.4. The Morgan fingerprint density at radius 2 is 1.72 bits per heavy atom. The largest absolute Gasteiger partial charge is 0.497 e. The first-order valence-electron chi connectivity index (χ1n) is 10.2. The molecule has 3 aromatic carbocycles. The predicted octanol–water partition coefficient (Wildman–Crippen LogP) is 5.82. The number of aliphatic imine (C=N–C) groups is 1. The Morgan fingerprint density at radius 3 is 2.41 bits per heavy atom. The van der Waals surface area contributed by atoms with E-state index in [0.29, 0.717) is 28.1 Å². The lowest BCUT2D eigenvalue weighted by Crippen LogP contribution is -2.28. The number of rotatable bonds is 6. The zero-order chi connectivity index (χ0) is 22.5. The molecule has 32 heavy (non-hydrogen) atoms. The van der Waals surface area contributed by atoms with E-state index < -0.39 is 0 Å². The maximum Gasteiger partial charge on any atom is 0.267 e. The average molecular weight is 445 g/mol. The third-order valence-electron chi connectivity index (χ3n) is 5.05. The Morgan fingerprint density at radius 1 is 0.969 bits per heavy atom. The van der Waals surface area contributed by atoms with Crippen LogP contribution >= 0.6 is 11.8 Å². The van der Waals surface area contributed by atoms with E-state index in [-0.39, 0.29) is 5.91 Å². The first-order chi connectivity index (χ1) is 15.6. The topological polar surface area (TPSA) is 51.1 Å². The summed E-state index contributed by atoms with van der Waals surface area (Å²) in [5.41, 5.74) is 3.79. The molecule has 1 fully saturated rings. The van der Waals surface area contributed by atoms with E-state index in [1.807, 2.05) is 85.8 Å². The van der Waals surface area contributed by atoms with Crippen molar-refractivity contribution in [1.82, 2.24) is 4.90 Å². The molecule has 1 aliphatic rings. The van der Waals surface area contributed by atoms with Gasteiger partial charge in [-0.2, -0.15) is 0 Å². The van der Waals surface area contributed by atoms with Gasteiger partial charge in [0.2, 0.25) is 0 Å². The molecule has 162 valence electrons. The third-order valence-corrected chi connectivity index (χ3v) is 6.06. The average Bonchev–Trinajstić information content (AvgIpc) is 3.10. The van der Waals surface area contributed by atoms with Crippen LogP contribution in [0.3, 0.4) is 0 Å². The Balaban J connectivity index is 1.73. The highest BCUT2D eigenvalue weighted by atomic mass is 32.2. The van der Waals surface area contributed by atoms with Crippen LogP contribution < -0.4 is 9.47 Å². The van der Waals surface area contributed by atoms with Gasteiger partial charge in [0.15, 0.2) is 5.17 Å². The quantitative estimate of drug-likeness (QED) is 0.450. The summed E-state index contributed by atoms with van der Waals surface area (Å²) in [7, 11) is 3.22. The van der Waals surface area contributed by atoms with Crippen molar-refractivity contribution < 1.29 is 14.3 Å². The van der Waals surface area contributed by atoms with Crippen molar-refractivity contribution in [3.8, 4) is 11.5 Å². The molecule has 3 aromatic rings. The lowest BCUT2D eigenvalue weighted by molar-refractivity contribution is -0.122. The summed E-state index contributed by atoms with van der Waals surface area (Å²) < 4.78 is 10.8. The molecule has 1 heterocycles. The van der Waals surface area contributed by atoms with E-state index >= 15 is 0 Å². The van der Waals surface area contributed by atoms with Crippen LogP contribution in [0.2, 0.25) is 0 Å². The number of amidine groups is 1. The van der Waals surface area contributed by atoms with Crippen molar-refractivity contribution in [3.63, 3.8) is 0 Å². The van der Waals surface area contributed by atoms with E-state index in [2.05, 4.69) is 0 Å². The molecule has 0 aliphatic carbocycles. The van der Waals surface area contributed by atoms with Gasteiger partial charge in [-0.1, -0.05) is 48.0 Å². The van der Waals surface area contributed by atoms with Crippen molar-refractivity contribution in [2.75, 3.05) is 14.2 Å². The monoisotopic (exact) mass is 444 g/mol. The Bertz CT molecular complexity index is 1170. The van der Waals surface area contributed by atoms with Crippen molar-refractivity contribution >= 4 is 34.6 Å². The van der Waals surface area contributed by atoms with Gasteiger partial charge in [0.1, 0.15) is 11.5 Å². The summed E-state index contributed by atoms with van der Waals surface area (Å²) in [6.45, 7) is 2.48. The minimum absolute atomic E-state index is 0.0883. The number of benzene rings is 3. The number of methoxy groups -OCH3 is 2. The number of hydrogen-bond acceptors (Lipinski definition) is 5. The van der Waals surface area contributed by atoms with E-state index in [0.717, 1.165) is 22.4 Å². The van der Waals surface area contributed by atoms with Crippen LogP contribution in [-0.4, -0.2) is 30.2 Å². The molecule has 0 unspecified atom stereocenters. The second-order valence-corrected chi connectivity index (χ2v) is 8.33. The number of amides is 1. The second kappa shape index (κ2) is 9.75. The molecule has 0 aromatic heterocycles. The molecule has 0 N–H and O–H groups in total. The van der Waals surface area contributed by atoms with Gasteiger partial charge in [-0.05, 0) is 60.7 Å². The highest BCUT2D eigenvalue weighted by molar-refractivity contribution is 8.18. The molecular weight excluding hydrogens is 420 g/mol. The molecule has 0 bridgehead atoms. The fraction of sp³-hybridized carbons (Fsp3) is 0.154. The van der Waals surface area contributed by atoms with Gasteiger partial charge in [-0.15, -0.1) is 0 Å². The summed E-state index contributed by atoms with van der Waals surface area (Å²) in [5, 5.41) is 0.649. The lowest BCUT2D eigenvalue weighted by Gasteiger charge is -2.15. The number of nitrogens with zero attached hydrogens (tertiary/aromatic N) is 2. The van der Waals surface area contributed by atoms with Crippen LogP contribution in [0.1, 0.15) is 16.7 Å². The summed E-state index contributed by atoms with van der Waals surface area (Å²) in [4.78, 5) is 20.5. The highest BCUT2D eigenvalue weighted by Gasteiger charge is 2.33. The number of carbonyl (C=O) groups excluding carboxylic acids is 1. The molecular formula is C26H24N2O3S. The van der Waals surface area contributed by atoms with Crippen LogP contribution in [0.25, 0.3) is 6.08 Å². The molecule has 1 amide bonds. The Labute approximate surface area is 192 Å². The third kappa shape index (κ3) is 4.86. The van der Waals surface area contributed by atoms with Crippen LogP contribution in [0.15, 0.2) is 82.7 Å². The molecule has 0 spiro atoms. The SMILES string of the molecule is COc1ccc(OC)c(/C=C2/SC(=Nc3ccc(C)cc3)N(Cc3ccccc3)C2=O)c1. The highest BCUT2D eigenvalue weighted by Crippen LogP contribution is 2.37. The number of ether oxygens (including phenoxy) is 2. The fourth-order valence-electron chi connectivity index (χ4n) is 3.32. The molecule has 1 saturated heterocycles. The van der Waals surface area contributed by atoms with Gasteiger partial charge >= 0.3 is 0 Å². The first-order valence-corrected chi connectivity index (χ1v) is 11.0. The van der Waals surface area contributed by atoms with Crippen LogP contribution in [0.5, 0.6) is 11.5 Å². The van der Waals surface area contributed by atoms with Crippen molar-refractivity contribution in [1.29, 1.82) is 0 Å². The van der Waals surface area contributed by atoms with E-state index in [4.69, 9.17) is 14.5 Å². The predicted molar refractivity (Wildman–Crippen MR) is 130 cm³/mol. The summed E-state index contributed by atoms with van der Waals surface area (Å²) in [6, 6.07) is 23.4. The van der Waals surface area contributed by atoms with E-state index in [1.54, 1.807) is 19.1 Å². The van der Waals surface area contributed by atoms with Gasteiger partial charge in [0.25, 0.3) is 5.91 Å². The minimum atomic E-state index is -0.0883. The van der Waals surface area contributed by atoms with Gasteiger partial charge in [-0.3, -0.25) is 9.69 Å². The summed E-state index contributed by atoms with van der Waals surface area (Å²) in [6.07, 6.45) is 1.84. The van der Waals surface area contributed by atoms with Crippen molar-refractivity contribution in [2.24, 2.45) is 4.99 Å². The van der Waals surface area contributed by atoms with Crippen LogP contribution in [0, 0.1) is 6.92 Å². The zero-order valence-corrected chi connectivity index (χ0v) is 19.1. The molecule has 1 aliphatic heterocycles. The molecule has 0 radical (unpaired) electrons. The lowest BCUT2D eigenvalue weighted by atomic mass is 10.1. The minimum Gasteiger partial charge on any atom is -0.497 e. The van der Waals surface area contributed by atoms with E-state index in [1.165, 1.54) is 11.8 Å². The standard InChI is InChI=1S/C26H24N2O3S/c1-18-9-11-21(12-10-18)27-26-28(17-19-7-5-4-6-8-19)25(29)24(32-26)16-20-15-22(30-2)13-14-23(20)31-3/h4-16H,17H2,1-3H3/b24-16+,27-26?.